The number of hydrogen-bond donors (Lipinski definition) is 2. The van der Waals surface area contributed by atoms with Gasteiger partial charge in [-0.05, 0) is 50.8 Å². The highest BCUT2D eigenvalue weighted by molar-refractivity contribution is 5.74. The second-order valence-electron chi connectivity index (χ2n) is 8.71. The first-order chi connectivity index (χ1) is 18.7. The monoisotopic (exact) mass is 555 g/mol. The molecule has 0 saturated carbocycles. The van der Waals surface area contributed by atoms with Crippen LogP contribution in [0, 0.1) is 0 Å². The molecular formula is C27H41NO11. The van der Waals surface area contributed by atoms with Crippen molar-refractivity contribution in [1.82, 2.24) is 5.32 Å². The molecule has 220 valence electrons. The van der Waals surface area contributed by atoms with Gasteiger partial charge in [-0.3, -0.25) is 4.79 Å². The molecule has 0 aliphatic rings. The number of carbonyl (C=O) groups excluding carboxylic acids is 3. The highest BCUT2D eigenvalue weighted by Crippen LogP contribution is 2.30. The maximum Gasteiger partial charge on any atom is 0.513 e. The Morgan fingerprint density at radius 2 is 1.41 bits per heavy atom. The Morgan fingerprint density at radius 3 is 1.95 bits per heavy atom. The summed E-state index contributed by atoms with van der Waals surface area (Å²) in [5.41, 5.74) is 0.464. The van der Waals surface area contributed by atoms with Crippen LogP contribution in [0.3, 0.4) is 0 Å². The lowest BCUT2D eigenvalue weighted by Gasteiger charge is -2.19. The Kier molecular flexibility index (Phi) is 16.8. The van der Waals surface area contributed by atoms with E-state index in [9.17, 15) is 24.3 Å². The summed E-state index contributed by atoms with van der Waals surface area (Å²) in [4.78, 5) is 47.7. The van der Waals surface area contributed by atoms with Crippen LogP contribution in [0.15, 0.2) is 18.2 Å². The third kappa shape index (κ3) is 14.8. The van der Waals surface area contributed by atoms with Crippen LogP contribution in [0.1, 0.15) is 71.8 Å². The van der Waals surface area contributed by atoms with Gasteiger partial charge >= 0.3 is 24.4 Å². The van der Waals surface area contributed by atoms with Crippen molar-refractivity contribution in [3.8, 4) is 11.5 Å². The van der Waals surface area contributed by atoms with Crippen LogP contribution in [0.2, 0.25) is 0 Å². The summed E-state index contributed by atoms with van der Waals surface area (Å²) in [6.45, 7) is 7.83. The summed E-state index contributed by atoms with van der Waals surface area (Å²) >= 11 is 0. The zero-order valence-electron chi connectivity index (χ0n) is 23.2. The Balaban J connectivity index is 2.94. The largest absolute Gasteiger partial charge is 0.513 e. The zero-order chi connectivity index (χ0) is 29.0. The van der Waals surface area contributed by atoms with E-state index in [0.29, 0.717) is 18.4 Å². The minimum atomic E-state index is -1.15. The Labute approximate surface area is 229 Å². The molecule has 2 atom stereocenters. The van der Waals surface area contributed by atoms with Gasteiger partial charge in [-0.25, -0.2) is 14.4 Å². The van der Waals surface area contributed by atoms with E-state index in [1.807, 2.05) is 13.8 Å². The number of ether oxygens (including phenoxy) is 6. The standard InChI is InChI=1S/C27H41NO11/c1-5-8-10-14-35-26(32)38-22-13-12-20(17-23(22)39-27(33)36-15-11-9-6-2)16-21(24(29)30)28-18-19(4)37-25(31)34-7-3/h12-13,17,19,21,28H,5-11,14-16,18H2,1-4H3,(H,29,30)/t19?,21-/m0/s1. The normalized spacial score (nSPS) is 12.1. The molecule has 39 heavy (non-hydrogen) atoms. The highest BCUT2D eigenvalue weighted by atomic mass is 16.7. The first-order valence-corrected chi connectivity index (χ1v) is 13.3. The lowest BCUT2D eigenvalue weighted by Crippen LogP contribution is -2.42. The molecular weight excluding hydrogens is 514 g/mol. The number of nitrogens with one attached hydrogen (secondary N) is 1. The SMILES string of the molecule is CCCCCOC(=O)Oc1ccc(C[C@H](NCC(C)OC(=O)OCC)C(=O)O)cc1OC(=O)OCCCCC. The average Bonchev–Trinajstić information content (AvgIpc) is 2.88. The summed E-state index contributed by atoms with van der Waals surface area (Å²) in [7, 11) is 0. The number of aliphatic carboxylic acids is 1. The van der Waals surface area contributed by atoms with Crippen molar-refractivity contribution in [2.75, 3.05) is 26.4 Å². The van der Waals surface area contributed by atoms with Crippen LogP contribution in [0.4, 0.5) is 14.4 Å². The van der Waals surface area contributed by atoms with Gasteiger partial charge < -0.3 is 38.8 Å². The number of carbonyl (C=O) groups is 4. The number of carboxylic acid groups (broad SMARTS) is 1. The van der Waals surface area contributed by atoms with Crippen molar-refractivity contribution in [1.29, 1.82) is 0 Å². The zero-order valence-corrected chi connectivity index (χ0v) is 23.2. The minimum Gasteiger partial charge on any atom is -0.480 e. The van der Waals surface area contributed by atoms with Crippen molar-refractivity contribution < 1.29 is 52.7 Å². The fourth-order valence-corrected chi connectivity index (χ4v) is 3.25. The topological polar surface area (TPSA) is 156 Å². The van der Waals surface area contributed by atoms with Crippen LogP contribution < -0.4 is 14.8 Å². The Hall–Kier alpha value is -3.54. The lowest BCUT2D eigenvalue weighted by molar-refractivity contribution is -0.139. The fourth-order valence-electron chi connectivity index (χ4n) is 3.25. The highest BCUT2D eigenvalue weighted by Gasteiger charge is 2.22. The molecule has 0 aliphatic heterocycles. The van der Waals surface area contributed by atoms with E-state index in [2.05, 4.69) is 5.32 Å². The number of unbranched alkanes of at least 4 members (excludes halogenated alkanes) is 4. The van der Waals surface area contributed by atoms with Crippen molar-refractivity contribution in [3.05, 3.63) is 23.8 Å². The molecule has 0 radical (unpaired) electrons. The molecule has 2 N–H and O–H groups in total. The summed E-state index contributed by atoms with van der Waals surface area (Å²) in [6.07, 6.45) is 1.59. The predicted molar refractivity (Wildman–Crippen MR) is 140 cm³/mol. The van der Waals surface area contributed by atoms with Gasteiger partial charge in [-0.1, -0.05) is 45.6 Å². The fraction of sp³-hybridized carbons (Fsp3) is 0.630. The van der Waals surface area contributed by atoms with E-state index in [0.717, 1.165) is 25.7 Å². The van der Waals surface area contributed by atoms with Gasteiger partial charge in [0.2, 0.25) is 0 Å². The molecule has 1 aromatic carbocycles. The van der Waals surface area contributed by atoms with Crippen LogP contribution in [-0.4, -0.2) is 68.1 Å². The molecule has 0 aromatic heterocycles. The summed E-state index contributed by atoms with van der Waals surface area (Å²) in [6, 6.07) is 3.24. The summed E-state index contributed by atoms with van der Waals surface area (Å²) in [5, 5.41) is 12.5. The molecule has 0 saturated heterocycles. The van der Waals surface area contributed by atoms with Crippen LogP contribution in [-0.2, 0) is 30.2 Å². The molecule has 0 bridgehead atoms. The molecule has 1 rings (SSSR count). The Morgan fingerprint density at radius 1 is 0.821 bits per heavy atom. The minimum absolute atomic E-state index is 0.0227. The third-order valence-corrected chi connectivity index (χ3v) is 5.28. The number of carboxylic acids is 1. The van der Waals surface area contributed by atoms with E-state index in [1.165, 1.54) is 18.2 Å². The van der Waals surface area contributed by atoms with Gasteiger partial charge in [-0.2, -0.15) is 0 Å². The van der Waals surface area contributed by atoms with E-state index in [4.69, 9.17) is 28.4 Å². The number of rotatable bonds is 18. The second kappa shape index (κ2) is 19.5. The molecule has 0 fully saturated rings. The van der Waals surface area contributed by atoms with Crippen molar-refractivity contribution in [3.63, 3.8) is 0 Å². The lowest BCUT2D eigenvalue weighted by atomic mass is 10.0. The number of hydrogen-bond acceptors (Lipinski definition) is 11. The molecule has 1 unspecified atom stereocenters. The van der Waals surface area contributed by atoms with Gasteiger partial charge in [0, 0.05) is 6.54 Å². The maximum atomic E-state index is 12.2. The van der Waals surface area contributed by atoms with Gasteiger partial charge in [0.05, 0.1) is 19.8 Å². The first kappa shape index (κ1) is 33.5. The molecule has 0 amide bonds. The van der Waals surface area contributed by atoms with E-state index < -0.39 is 36.6 Å². The molecule has 0 aliphatic carbocycles. The summed E-state index contributed by atoms with van der Waals surface area (Å²) < 4.78 is 30.4. The van der Waals surface area contributed by atoms with Gasteiger partial charge in [-0.15, -0.1) is 0 Å². The van der Waals surface area contributed by atoms with Crippen molar-refractivity contribution >= 4 is 24.4 Å². The van der Waals surface area contributed by atoms with Crippen molar-refractivity contribution in [2.24, 2.45) is 0 Å². The van der Waals surface area contributed by atoms with Gasteiger partial charge in [0.15, 0.2) is 11.5 Å². The average molecular weight is 556 g/mol. The second-order valence-corrected chi connectivity index (χ2v) is 8.71. The van der Waals surface area contributed by atoms with Gasteiger partial charge in [0.1, 0.15) is 12.1 Å². The maximum absolute atomic E-state index is 12.2. The van der Waals surface area contributed by atoms with E-state index >= 15 is 0 Å². The van der Waals surface area contributed by atoms with Crippen LogP contribution in [0.25, 0.3) is 0 Å². The van der Waals surface area contributed by atoms with Crippen molar-refractivity contribution in [2.45, 2.75) is 84.8 Å². The molecule has 12 nitrogen and oxygen atoms in total. The van der Waals surface area contributed by atoms with Crippen LogP contribution in [0.5, 0.6) is 11.5 Å². The quantitative estimate of drug-likeness (QED) is 0.105. The first-order valence-electron chi connectivity index (χ1n) is 13.3. The predicted octanol–water partition coefficient (Wildman–Crippen LogP) is 5.24. The number of benzene rings is 1. The summed E-state index contributed by atoms with van der Waals surface area (Å²) in [5.74, 6) is -1.35. The van der Waals surface area contributed by atoms with E-state index in [1.54, 1.807) is 13.8 Å². The molecule has 12 heteroatoms. The van der Waals surface area contributed by atoms with E-state index in [-0.39, 0.29) is 44.3 Å². The molecule has 0 spiro atoms. The molecule has 1 aromatic rings. The smallest absolute Gasteiger partial charge is 0.480 e. The molecule has 0 heterocycles. The van der Waals surface area contributed by atoms with Crippen LogP contribution >= 0.6 is 0 Å². The Bertz CT molecular complexity index is 906. The van der Waals surface area contributed by atoms with Gasteiger partial charge in [0.25, 0.3) is 0 Å². The third-order valence-electron chi connectivity index (χ3n) is 5.28.